The minimum atomic E-state index is 0.751. The second-order valence-electron chi connectivity index (χ2n) is 13.7. The predicted molar refractivity (Wildman–Crippen MR) is 231 cm³/mol. The van der Waals surface area contributed by atoms with E-state index in [0.29, 0.717) is 0 Å². The molecule has 0 aliphatic heterocycles. The molecule has 0 saturated heterocycles. The van der Waals surface area contributed by atoms with Crippen molar-refractivity contribution in [3.8, 4) is 34.6 Å². The summed E-state index contributed by atoms with van der Waals surface area (Å²) in [6.45, 7) is 0. The van der Waals surface area contributed by atoms with Crippen molar-refractivity contribution in [2.45, 2.75) is 0 Å². The standard InChI is InChI=1S/C48H33N9/c1-2-8-38-37(7-1)52-46(53-38)43-22-19-31(28-49-43)13-16-34-25-35(17-14-32-20-23-44(50-29-32)47-54-39-9-3-4-10-40(39)55-47)27-36(26-34)18-15-33-21-24-45(51-30-33)48-56-41-11-5-6-12-42(41)57-48/h1-30H,(H,52,53)(H,54,55)(H,56,57)/b16-13+,17-14+,18-15+. The molecule has 0 radical (unpaired) electrons. The lowest BCUT2D eigenvalue weighted by Gasteiger charge is -2.04. The molecule has 0 spiro atoms. The Hall–Kier alpha value is -8.04. The first-order chi connectivity index (χ1) is 28.1. The van der Waals surface area contributed by atoms with Crippen molar-refractivity contribution >= 4 is 69.6 Å². The largest absolute Gasteiger partial charge is 0.337 e. The molecule has 0 atom stereocenters. The van der Waals surface area contributed by atoms with Gasteiger partial charge in [-0.3, -0.25) is 15.0 Å². The number of rotatable bonds is 9. The normalized spacial score (nSPS) is 12.0. The summed E-state index contributed by atoms with van der Waals surface area (Å²) in [6.07, 6.45) is 18.2. The highest BCUT2D eigenvalue weighted by Gasteiger charge is 2.09. The highest BCUT2D eigenvalue weighted by Crippen LogP contribution is 2.24. The zero-order valence-corrected chi connectivity index (χ0v) is 30.5. The molecule has 270 valence electrons. The molecule has 0 saturated carbocycles. The zero-order chi connectivity index (χ0) is 38.0. The van der Waals surface area contributed by atoms with Crippen molar-refractivity contribution in [3.05, 3.63) is 179 Å². The maximum absolute atomic E-state index is 4.70. The van der Waals surface area contributed by atoms with Gasteiger partial charge in [-0.25, -0.2) is 15.0 Å². The summed E-state index contributed by atoms with van der Waals surface area (Å²) >= 11 is 0. The van der Waals surface area contributed by atoms with Crippen LogP contribution in [0.2, 0.25) is 0 Å². The third kappa shape index (κ3) is 7.28. The number of nitrogens with one attached hydrogen (secondary N) is 3. The van der Waals surface area contributed by atoms with Crippen molar-refractivity contribution in [2.24, 2.45) is 0 Å². The number of imidazole rings is 3. The summed E-state index contributed by atoms with van der Waals surface area (Å²) in [5.74, 6) is 2.25. The van der Waals surface area contributed by atoms with Crippen LogP contribution in [-0.4, -0.2) is 44.9 Å². The third-order valence-corrected chi connectivity index (χ3v) is 9.66. The van der Waals surface area contributed by atoms with Crippen molar-refractivity contribution in [1.82, 2.24) is 44.9 Å². The van der Waals surface area contributed by atoms with E-state index in [9.17, 15) is 0 Å². The van der Waals surface area contributed by atoms with E-state index in [1.807, 2.05) is 110 Å². The highest BCUT2D eigenvalue weighted by molar-refractivity contribution is 5.82. The molecule has 10 rings (SSSR count). The first-order valence-electron chi connectivity index (χ1n) is 18.6. The van der Waals surface area contributed by atoms with E-state index in [2.05, 4.69) is 87.8 Å². The number of benzene rings is 4. The lowest BCUT2D eigenvalue weighted by Crippen LogP contribution is -1.87. The van der Waals surface area contributed by atoms with Crippen LogP contribution < -0.4 is 0 Å². The molecule has 57 heavy (non-hydrogen) atoms. The molecule has 9 nitrogen and oxygen atoms in total. The number of fused-ring (bicyclic) bond motifs is 3. The van der Waals surface area contributed by atoms with E-state index >= 15 is 0 Å². The Morgan fingerprint density at radius 3 is 0.895 bits per heavy atom. The molecule has 4 aromatic carbocycles. The summed E-state index contributed by atoms with van der Waals surface area (Å²) in [4.78, 5) is 38.2. The average Bonchev–Trinajstić information content (AvgIpc) is 4.02. The van der Waals surface area contributed by atoms with Gasteiger partial charge in [0.15, 0.2) is 17.5 Å². The van der Waals surface area contributed by atoms with E-state index in [1.165, 1.54) is 0 Å². The molecule has 0 aliphatic carbocycles. The first kappa shape index (κ1) is 33.5. The molecular formula is C48H33N9. The molecule has 10 aromatic rings. The Bertz CT molecular complexity index is 2660. The fraction of sp³-hybridized carbons (Fsp3) is 0. The van der Waals surface area contributed by atoms with E-state index in [-0.39, 0.29) is 0 Å². The number of aromatic nitrogens is 9. The molecule has 3 N–H and O–H groups in total. The number of pyridine rings is 3. The Kier molecular flexibility index (Phi) is 8.62. The maximum Gasteiger partial charge on any atom is 0.157 e. The molecule has 9 heteroatoms. The molecule has 0 amide bonds. The van der Waals surface area contributed by atoms with Crippen LogP contribution in [0.4, 0.5) is 0 Å². The summed E-state index contributed by atoms with van der Waals surface area (Å²) in [5, 5.41) is 0. The van der Waals surface area contributed by atoms with Crippen molar-refractivity contribution in [3.63, 3.8) is 0 Å². The smallest absolute Gasteiger partial charge is 0.157 e. The molecule has 6 heterocycles. The molecular weight excluding hydrogens is 703 g/mol. The van der Waals surface area contributed by atoms with Gasteiger partial charge >= 0.3 is 0 Å². The Morgan fingerprint density at radius 2 is 0.614 bits per heavy atom. The number of H-pyrrole nitrogens is 3. The van der Waals surface area contributed by atoms with Gasteiger partial charge in [-0.2, -0.15) is 0 Å². The van der Waals surface area contributed by atoms with Crippen LogP contribution in [0.25, 0.3) is 104 Å². The summed E-state index contributed by atoms with van der Waals surface area (Å²) in [7, 11) is 0. The van der Waals surface area contributed by atoms with Gasteiger partial charge in [0.25, 0.3) is 0 Å². The summed E-state index contributed by atoms with van der Waals surface area (Å²) in [6, 6.07) is 42.6. The van der Waals surface area contributed by atoms with Crippen LogP contribution in [0.15, 0.2) is 146 Å². The number of nitrogens with zero attached hydrogens (tertiary/aromatic N) is 6. The second-order valence-corrected chi connectivity index (χ2v) is 13.7. The van der Waals surface area contributed by atoms with Crippen molar-refractivity contribution < 1.29 is 0 Å². The monoisotopic (exact) mass is 735 g/mol. The molecule has 0 bridgehead atoms. The maximum atomic E-state index is 4.70. The lowest BCUT2D eigenvalue weighted by atomic mass is 10.0. The minimum Gasteiger partial charge on any atom is -0.337 e. The number of hydrogen-bond donors (Lipinski definition) is 3. The van der Waals surface area contributed by atoms with Gasteiger partial charge in [0.2, 0.25) is 0 Å². The summed E-state index contributed by atoms with van der Waals surface area (Å²) in [5.41, 5.74) is 14.2. The van der Waals surface area contributed by atoms with Gasteiger partial charge in [-0.15, -0.1) is 0 Å². The fourth-order valence-corrected chi connectivity index (χ4v) is 6.72. The predicted octanol–water partition coefficient (Wildman–Crippen LogP) is 11.0. The SMILES string of the molecule is C(=C\c1cc(/C=C/c2ccc(-c3nc4ccccc4[nH]3)nc2)cc(/C=C/c2ccc(-c3nc4ccccc4[nH]3)nc2)c1)/c1ccc(-c2nc3ccccc3[nH]2)nc1. The zero-order valence-electron chi connectivity index (χ0n) is 30.5. The number of hydrogen-bond acceptors (Lipinski definition) is 6. The van der Waals surface area contributed by atoms with Gasteiger partial charge in [-0.05, 0) is 106 Å². The fourth-order valence-electron chi connectivity index (χ4n) is 6.72. The number of aromatic amines is 3. The highest BCUT2D eigenvalue weighted by atomic mass is 15.0. The Balaban J connectivity index is 0.910. The van der Waals surface area contributed by atoms with Gasteiger partial charge in [0.1, 0.15) is 17.1 Å². The van der Waals surface area contributed by atoms with E-state index < -0.39 is 0 Å². The minimum absolute atomic E-state index is 0.751. The molecule has 0 aliphatic rings. The lowest BCUT2D eigenvalue weighted by molar-refractivity contribution is 1.23. The number of para-hydroxylation sites is 6. The van der Waals surface area contributed by atoms with Crippen LogP contribution in [0.1, 0.15) is 33.4 Å². The average molecular weight is 736 g/mol. The van der Waals surface area contributed by atoms with Gasteiger partial charge in [-0.1, -0.05) is 91.1 Å². The van der Waals surface area contributed by atoms with E-state index in [1.54, 1.807) is 0 Å². The van der Waals surface area contributed by atoms with Crippen molar-refractivity contribution in [2.75, 3.05) is 0 Å². The van der Waals surface area contributed by atoms with E-state index in [0.717, 1.165) is 101 Å². The Labute approximate surface area is 327 Å². The van der Waals surface area contributed by atoms with Crippen LogP contribution in [0.3, 0.4) is 0 Å². The molecule has 0 fully saturated rings. The Morgan fingerprint density at radius 1 is 0.316 bits per heavy atom. The molecule has 0 unspecified atom stereocenters. The second kappa shape index (κ2) is 14.7. The van der Waals surface area contributed by atoms with E-state index in [4.69, 9.17) is 29.9 Å². The topological polar surface area (TPSA) is 125 Å². The van der Waals surface area contributed by atoms with Crippen LogP contribution in [-0.2, 0) is 0 Å². The molecule has 6 aromatic heterocycles. The van der Waals surface area contributed by atoms with Crippen molar-refractivity contribution in [1.29, 1.82) is 0 Å². The van der Waals surface area contributed by atoms with Crippen LogP contribution in [0.5, 0.6) is 0 Å². The van der Waals surface area contributed by atoms with Gasteiger partial charge in [0.05, 0.1) is 33.1 Å². The quantitative estimate of drug-likeness (QED) is 0.136. The first-order valence-corrected chi connectivity index (χ1v) is 18.6. The van der Waals surface area contributed by atoms with Crippen LogP contribution >= 0.6 is 0 Å². The van der Waals surface area contributed by atoms with Gasteiger partial charge in [0, 0.05) is 18.6 Å². The summed E-state index contributed by atoms with van der Waals surface area (Å²) < 4.78 is 0. The third-order valence-electron chi connectivity index (χ3n) is 9.66. The van der Waals surface area contributed by atoms with Crippen LogP contribution in [0, 0.1) is 0 Å². The van der Waals surface area contributed by atoms with Gasteiger partial charge < -0.3 is 15.0 Å².